The maximum Gasteiger partial charge on any atom is 0.118 e. The molecule has 1 fully saturated rings. The Labute approximate surface area is 126 Å². The molecule has 0 saturated heterocycles. The molecule has 0 spiro atoms. The summed E-state index contributed by atoms with van der Waals surface area (Å²) in [7, 11) is 1.68. The lowest BCUT2D eigenvalue weighted by Crippen LogP contribution is -2.35. The number of aliphatic hydroxyl groups excluding tert-OH is 1. The van der Waals surface area contributed by atoms with Crippen LogP contribution in [0.2, 0.25) is 0 Å². The number of hydrogen-bond donors (Lipinski definition) is 1. The van der Waals surface area contributed by atoms with Gasteiger partial charge in [0.1, 0.15) is 5.75 Å². The monoisotopic (exact) mass is 282 g/mol. The van der Waals surface area contributed by atoms with Crippen molar-refractivity contribution < 1.29 is 9.84 Å². The summed E-state index contributed by atoms with van der Waals surface area (Å²) in [4.78, 5) is 0. The van der Waals surface area contributed by atoms with Crippen LogP contribution in [0.25, 0.3) is 0 Å². The molecule has 0 unspecified atom stereocenters. The second-order valence-electron chi connectivity index (χ2n) is 5.99. The van der Waals surface area contributed by atoms with Crippen molar-refractivity contribution in [2.75, 3.05) is 13.7 Å². The van der Waals surface area contributed by atoms with E-state index in [1.54, 1.807) is 7.11 Å². The van der Waals surface area contributed by atoms with Gasteiger partial charge in [-0.15, -0.1) is 0 Å². The van der Waals surface area contributed by atoms with E-state index in [9.17, 15) is 5.11 Å². The normalized spacial score (nSPS) is 24.4. The lowest BCUT2D eigenvalue weighted by molar-refractivity contribution is 0.111. The van der Waals surface area contributed by atoms with Crippen LogP contribution in [0.15, 0.2) is 48.5 Å². The first kappa shape index (κ1) is 14.2. The number of aliphatic hydroxyl groups is 1. The molecule has 3 rings (SSSR count). The van der Waals surface area contributed by atoms with E-state index in [-0.39, 0.29) is 6.61 Å². The summed E-state index contributed by atoms with van der Waals surface area (Å²) in [5.41, 5.74) is 3.97. The molecule has 2 aromatic rings. The van der Waals surface area contributed by atoms with Crippen molar-refractivity contribution in [1.29, 1.82) is 0 Å². The number of ether oxygens (including phenoxy) is 1. The van der Waals surface area contributed by atoms with E-state index in [2.05, 4.69) is 43.3 Å². The molecule has 0 radical (unpaired) electrons. The quantitative estimate of drug-likeness (QED) is 0.922. The number of aryl methyl sites for hydroxylation is 1. The zero-order chi connectivity index (χ0) is 14.8. The van der Waals surface area contributed by atoms with Crippen LogP contribution < -0.4 is 4.74 Å². The second kappa shape index (κ2) is 5.90. The first-order valence-corrected chi connectivity index (χ1v) is 7.54. The summed E-state index contributed by atoms with van der Waals surface area (Å²) in [6, 6.07) is 17.1. The van der Waals surface area contributed by atoms with E-state index in [1.807, 2.05) is 12.1 Å². The molecule has 0 bridgehead atoms. The van der Waals surface area contributed by atoms with Gasteiger partial charge in [0.25, 0.3) is 0 Å². The van der Waals surface area contributed by atoms with Gasteiger partial charge >= 0.3 is 0 Å². The van der Waals surface area contributed by atoms with Gasteiger partial charge in [-0.3, -0.25) is 0 Å². The van der Waals surface area contributed by atoms with E-state index < -0.39 is 0 Å². The third kappa shape index (κ3) is 2.68. The Morgan fingerprint density at radius 2 is 1.62 bits per heavy atom. The van der Waals surface area contributed by atoms with Crippen LogP contribution in [0.5, 0.6) is 5.75 Å². The Kier molecular flexibility index (Phi) is 3.98. The molecule has 2 aromatic carbocycles. The van der Waals surface area contributed by atoms with Gasteiger partial charge in [-0.2, -0.15) is 0 Å². The molecule has 0 aliphatic heterocycles. The van der Waals surface area contributed by atoms with Crippen molar-refractivity contribution >= 4 is 0 Å². The molecule has 3 atom stereocenters. The van der Waals surface area contributed by atoms with Crippen molar-refractivity contribution in [3.05, 3.63) is 65.2 Å². The average molecular weight is 282 g/mol. The van der Waals surface area contributed by atoms with Gasteiger partial charge in [-0.1, -0.05) is 42.0 Å². The topological polar surface area (TPSA) is 29.5 Å². The van der Waals surface area contributed by atoms with Crippen LogP contribution in [0.4, 0.5) is 0 Å². The van der Waals surface area contributed by atoms with E-state index in [4.69, 9.17) is 4.74 Å². The zero-order valence-electron chi connectivity index (χ0n) is 12.6. The largest absolute Gasteiger partial charge is 0.497 e. The number of hydrogen-bond acceptors (Lipinski definition) is 2. The van der Waals surface area contributed by atoms with Crippen molar-refractivity contribution in [1.82, 2.24) is 0 Å². The van der Waals surface area contributed by atoms with Crippen LogP contribution in [0, 0.1) is 12.8 Å². The number of benzene rings is 2. The van der Waals surface area contributed by atoms with Gasteiger partial charge in [0, 0.05) is 6.61 Å². The summed E-state index contributed by atoms with van der Waals surface area (Å²) in [5.74, 6) is 2.16. The Hall–Kier alpha value is -1.80. The molecule has 1 saturated carbocycles. The van der Waals surface area contributed by atoms with Crippen LogP contribution in [-0.2, 0) is 0 Å². The predicted octanol–water partition coefficient (Wildman–Crippen LogP) is 3.88. The summed E-state index contributed by atoms with van der Waals surface area (Å²) in [6.45, 7) is 2.38. The molecule has 2 heteroatoms. The highest BCUT2D eigenvalue weighted by Gasteiger charge is 2.42. The fourth-order valence-electron chi connectivity index (χ4n) is 3.43. The van der Waals surface area contributed by atoms with Crippen LogP contribution in [0.3, 0.4) is 0 Å². The number of rotatable bonds is 4. The summed E-state index contributed by atoms with van der Waals surface area (Å²) >= 11 is 0. The maximum atomic E-state index is 9.60. The first-order valence-electron chi connectivity index (χ1n) is 7.54. The molecule has 1 aliphatic rings. The van der Waals surface area contributed by atoms with Crippen molar-refractivity contribution in [3.63, 3.8) is 0 Å². The molecule has 0 amide bonds. The molecule has 1 aliphatic carbocycles. The SMILES string of the molecule is COc1ccc([C@H]2[C@H](CO)C[C@@H]2c2ccc(C)cc2)cc1. The summed E-state index contributed by atoms with van der Waals surface area (Å²) in [6.07, 6.45) is 1.07. The van der Waals surface area contributed by atoms with E-state index in [0.717, 1.165) is 12.2 Å². The molecule has 1 N–H and O–H groups in total. The first-order chi connectivity index (χ1) is 10.2. The van der Waals surface area contributed by atoms with Gasteiger partial charge in [-0.05, 0) is 54.4 Å². The third-order valence-corrected chi connectivity index (χ3v) is 4.74. The van der Waals surface area contributed by atoms with Gasteiger partial charge in [0.15, 0.2) is 0 Å². The standard InChI is InChI=1S/C19H22O2/c1-13-3-5-14(6-4-13)18-11-16(12-20)19(18)15-7-9-17(21-2)10-8-15/h3-10,16,18-20H,11-12H2,1-2H3/t16-,18+,19-/m0/s1. The Bertz CT molecular complexity index is 586. The van der Waals surface area contributed by atoms with E-state index in [1.165, 1.54) is 16.7 Å². The van der Waals surface area contributed by atoms with Crippen LogP contribution >= 0.6 is 0 Å². The van der Waals surface area contributed by atoms with E-state index >= 15 is 0 Å². The Morgan fingerprint density at radius 1 is 1.00 bits per heavy atom. The minimum Gasteiger partial charge on any atom is -0.497 e. The summed E-state index contributed by atoms with van der Waals surface area (Å²) < 4.78 is 5.23. The highest BCUT2D eigenvalue weighted by atomic mass is 16.5. The van der Waals surface area contributed by atoms with Gasteiger partial charge < -0.3 is 9.84 Å². The highest BCUT2D eigenvalue weighted by Crippen LogP contribution is 2.53. The Balaban J connectivity index is 1.86. The maximum absolute atomic E-state index is 9.60. The van der Waals surface area contributed by atoms with Crippen molar-refractivity contribution in [3.8, 4) is 5.75 Å². The molecule has 0 aromatic heterocycles. The van der Waals surface area contributed by atoms with Gasteiger partial charge in [0.2, 0.25) is 0 Å². The predicted molar refractivity (Wildman–Crippen MR) is 84.8 cm³/mol. The molecular formula is C19H22O2. The minimum atomic E-state index is 0.263. The molecule has 110 valence electrons. The molecule has 21 heavy (non-hydrogen) atoms. The average Bonchev–Trinajstić information content (AvgIpc) is 2.49. The van der Waals surface area contributed by atoms with Gasteiger partial charge in [0.05, 0.1) is 7.11 Å². The fourth-order valence-corrected chi connectivity index (χ4v) is 3.43. The van der Waals surface area contributed by atoms with Crippen molar-refractivity contribution in [2.45, 2.75) is 25.2 Å². The van der Waals surface area contributed by atoms with Crippen LogP contribution in [-0.4, -0.2) is 18.8 Å². The lowest BCUT2D eigenvalue weighted by Gasteiger charge is -2.45. The minimum absolute atomic E-state index is 0.263. The van der Waals surface area contributed by atoms with Crippen molar-refractivity contribution in [2.24, 2.45) is 5.92 Å². The molecule has 2 nitrogen and oxygen atoms in total. The highest BCUT2D eigenvalue weighted by molar-refractivity contribution is 5.37. The Morgan fingerprint density at radius 3 is 2.19 bits per heavy atom. The van der Waals surface area contributed by atoms with Crippen LogP contribution in [0.1, 0.15) is 34.9 Å². The molecular weight excluding hydrogens is 260 g/mol. The zero-order valence-corrected chi connectivity index (χ0v) is 12.6. The third-order valence-electron chi connectivity index (χ3n) is 4.74. The molecule has 0 heterocycles. The second-order valence-corrected chi connectivity index (χ2v) is 5.99. The smallest absolute Gasteiger partial charge is 0.118 e. The number of methoxy groups -OCH3 is 1. The fraction of sp³-hybridized carbons (Fsp3) is 0.368. The van der Waals surface area contributed by atoms with Gasteiger partial charge in [-0.25, -0.2) is 0 Å². The lowest BCUT2D eigenvalue weighted by atomic mass is 9.60. The summed E-state index contributed by atoms with van der Waals surface area (Å²) in [5, 5.41) is 9.60. The van der Waals surface area contributed by atoms with E-state index in [0.29, 0.717) is 17.8 Å².